The van der Waals surface area contributed by atoms with Crippen molar-refractivity contribution >= 4 is 17.8 Å². The van der Waals surface area contributed by atoms with E-state index >= 15 is 0 Å². The molecule has 0 rings (SSSR count). The number of carboxylic acids is 1. The number of hydrogen-bond acceptors (Lipinski definition) is 3. The monoisotopic (exact) mass is 272 g/mol. The lowest BCUT2D eigenvalue weighted by Crippen LogP contribution is -2.37. The second kappa shape index (κ2) is 7.76. The average Bonchev–Trinajstić information content (AvgIpc) is 2.27. The Bertz CT molecular complexity index is 340. The molecule has 0 aromatic rings. The van der Waals surface area contributed by atoms with Crippen molar-refractivity contribution in [3.8, 4) is 0 Å². The van der Waals surface area contributed by atoms with E-state index in [-0.39, 0.29) is 37.2 Å². The first-order chi connectivity index (χ1) is 8.69. The molecule has 6 nitrogen and oxygen atoms in total. The molecule has 0 spiro atoms. The quantitative estimate of drug-likeness (QED) is 0.612. The van der Waals surface area contributed by atoms with Crippen LogP contribution in [0.4, 0.5) is 0 Å². The van der Waals surface area contributed by atoms with Gasteiger partial charge in [0.05, 0.1) is 5.41 Å². The van der Waals surface area contributed by atoms with Crippen LogP contribution in [0.3, 0.4) is 0 Å². The number of hydrogen-bond donors (Lipinski definition) is 3. The minimum atomic E-state index is -1.09. The molecule has 1 atom stereocenters. The Balaban J connectivity index is 3.93. The smallest absolute Gasteiger partial charge is 0.309 e. The fraction of sp³-hybridized carbons (Fsp3) is 0.769. The van der Waals surface area contributed by atoms with E-state index in [0.717, 1.165) is 6.42 Å². The predicted octanol–water partition coefficient (Wildman–Crippen LogP) is 0.908. The van der Waals surface area contributed by atoms with Gasteiger partial charge in [0.2, 0.25) is 11.8 Å². The number of nitrogens with one attached hydrogen (secondary N) is 2. The van der Waals surface area contributed by atoms with Gasteiger partial charge in [-0.05, 0) is 27.2 Å². The second-order valence-corrected chi connectivity index (χ2v) is 5.34. The SMILES string of the molecule is CCC(C)NC(=O)CCNC(=O)CC(C)(C)C(=O)O. The Morgan fingerprint density at radius 3 is 2.26 bits per heavy atom. The summed E-state index contributed by atoms with van der Waals surface area (Å²) >= 11 is 0. The summed E-state index contributed by atoms with van der Waals surface area (Å²) in [5, 5.41) is 14.2. The largest absolute Gasteiger partial charge is 0.481 e. The molecule has 3 N–H and O–H groups in total. The van der Waals surface area contributed by atoms with Gasteiger partial charge in [-0.2, -0.15) is 0 Å². The molecule has 110 valence electrons. The lowest BCUT2D eigenvalue weighted by atomic mass is 9.89. The van der Waals surface area contributed by atoms with Crippen LogP contribution in [-0.4, -0.2) is 35.5 Å². The van der Waals surface area contributed by atoms with Crippen LogP contribution in [-0.2, 0) is 14.4 Å². The zero-order valence-electron chi connectivity index (χ0n) is 12.1. The van der Waals surface area contributed by atoms with Crippen LogP contribution in [0.2, 0.25) is 0 Å². The molecule has 1 unspecified atom stereocenters. The maximum atomic E-state index is 11.5. The van der Waals surface area contributed by atoms with E-state index in [4.69, 9.17) is 5.11 Å². The number of rotatable bonds is 8. The maximum absolute atomic E-state index is 11.5. The standard InChI is InChI=1S/C13H24N2O4/c1-5-9(2)15-10(16)6-7-14-11(17)8-13(3,4)12(18)19/h9H,5-8H2,1-4H3,(H,14,17)(H,15,16)(H,18,19). The van der Waals surface area contributed by atoms with E-state index in [1.165, 1.54) is 13.8 Å². The molecule has 0 aromatic carbocycles. The van der Waals surface area contributed by atoms with Gasteiger partial charge in [-0.15, -0.1) is 0 Å². The summed E-state index contributed by atoms with van der Waals surface area (Å²) in [6, 6.07) is 0.120. The maximum Gasteiger partial charge on any atom is 0.309 e. The molecule has 0 radical (unpaired) electrons. The number of carboxylic acid groups (broad SMARTS) is 1. The number of carbonyl (C=O) groups excluding carboxylic acids is 2. The van der Waals surface area contributed by atoms with E-state index in [9.17, 15) is 14.4 Å². The van der Waals surface area contributed by atoms with Crippen LogP contribution in [0.25, 0.3) is 0 Å². The van der Waals surface area contributed by atoms with E-state index < -0.39 is 11.4 Å². The summed E-state index contributed by atoms with van der Waals surface area (Å²) in [4.78, 5) is 33.8. The van der Waals surface area contributed by atoms with Crippen LogP contribution in [0, 0.1) is 5.41 Å². The molecule has 0 saturated carbocycles. The highest BCUT2D eigenvalue weighted by Crippen LogP contribution is 2.19. The van der Waals surface area contributed by atoms with Crippen molar-refractivity contribution in [2.45, 2.75) is 53.0 Å². The van der Waals surface area contributed by atoms with E-state index in [2.05, 4.69) is 10.6 Å². The first kappa shape index (κ1) is 17.4. The lowest BCUT2D eigenvalue weighted by molar-refractivity contribution is -0.149. The summed E-state index contributed by atoms with van der Waals surface area (Å²) in [6.07, 6.45) is 0.948. The van der Waals surface area contributed by atoms with E-state index in [1.807, 2.05) is 13.8 Å². The van der Waals surface area contributed by atoms with Gasteiger partial charge >= 0.3 is 5.97 Å². The van der Waals surface area contributed by atoms with Gasteiger partial charge in [0.15, 0.2) is 0 Å². The molecular formula is C13H24N2O4. The minimum absolute atomic E-state index is 0.102. The molecule has 0 fully saturated rings. The van der Waals surface area contributed by atoms with Gasteiger partial charge in [-0.25, -0.2) is 0 Å². The molecule has 0 aliphatic heterocycles. The molecule has 0 aliphatic carbocycles. The van der Waals surface area contributed by atoms with Gasteiger partial charge in [0, 0.05) is 25.4 Å². The van der Waals surface area contributed by atoms with Crippen molar-refractivity contribution in [2.24, 2.45) is 5.41 Å². The van der Waals surface area contributed by atoms with Crippen LogP contribution in [0.5, 0.6) is 0 Å². The molecule has 0 saturated heterocycles. The van der Waals surface area contributed by atoms with Crippen molar-refractivity contribution in [2.75, 3.05) is 6.54 Å². The summed E-state index contributed by atoms with van der Waals surface area (Å²) in [7, 11) is 0. The van der Waals surface area contributed by atoms with Gasteiger partial charge in [-0.3, -0.25) is 14.4 Å². The lowest BCUT2D eigenvalue weighted by Gasteiger charge is -2.18. The summed E-state index contributed by atoms with van der Waals surface area (Å²) in [6.45, 7) is 7.08. The Labute approximate surface area is 113 Å². The predicted molar refractivity (Wildman–Crippen MR) is 71.6 cm³/mol. The molecule has 19 heavy (non-hydrogen) atoms. The third-order valence-electron chi connectivity index (χ3n) is 2.88. The van der Waals surface area contributed by atoms with Gasteiger partial charge in [0.1, 0.15) is 0 Å². The van der Waals surface area contributed by atoms with E-state index in [0.29, 0.717) is 0 Å². The zero-order chi connectivity index (χ0) is 15.1. The number of aliphatic carboxylic acids is 1. The van der Waals surface area contributed by atoms with Crippen molar-refractivity contribution < 1.29 is 19.5 Å². The molecule has 2 amide bonds. The summed E-state index contributed by atoms with van der Waals surface area (Å²) < 4.78 is 0. The van der Waals surface area contributed by atoms with Crippen molar-refractivity contribution in [1.82, 2.24) is 10.6 Å². The molecule has 0 aliphatic rings. The van der Waals surface area contributed by atoms with Gasteiger partial charge < -0.3 is 15.7 Å². The third kappa shape index (κ3) is 7.43. The first-order valence-electron chi connectivity index (χ1n) is 6.48. The Hall–Kier alpha value is -1.59. The number of amides is 2. The zero-order valence-corrected chi connectivity index (χ0v) is 12.1. The van der Waals surface area contributed by atoms with Crippen LogP contribution in [0.15, 0.2) is 0 Å². The van der Waals surface area contributed by atoms with Crippen molar-refractivity contribution in [1.29, 1.82) is 0 Å². The molecule has 6 heteroatoms. The second-order valence-electron chi connectivity index (χ2n) is 5.34. The third-order valence-corrected chi connectivity index (χ3v) is 2.88. The molecule has 0 heterocycles. The fourth-order valence-electron chi connectivity index (χ4n) is 1.30. The topological polar surface area (TPSA) is 95.5 Å². The fourth-order valence-corrected chi connectivity index (χ4v) is 1.30. The first-order valence-corrected chi connectivity index (χ1v) is 6.48. The van der Waals surface area contributed by atoms with Crippen molar-refractivity contribution in [3.05, 3.63) is 0 Å². The number of carbonyl (C=O) groups is 3. The van der Waals surface area contributed by atoms with Crippen LogP contribution in [0.1, 0.15) is 47.0 Å². The minimum Gasteiger partial charge on any atom is -0.481 e. The highest BCUT2D eigenvalue weighted by Gasteiger charge is 2.29. The summed E-state index contributed by atoms with van der Waals surface area (Å²) in [5.41, 5.74) is -1.09. The van der Waals surface area contributed by atoms with Crippen LogP contribution >= 0.6 is 0 Å². The average molecular weight is 272 g/mol. The van der Waals surface area contributed by atoms with Gasteiger partial charge in [0.25, 0.3) is 0 Å². The van der Waals surface area contributed by atoms with E-state index in [1.54, 1.807) is 0 Å². The Kier molecular flexibility index (Phi) is 7.11. The van der Waals surface area contributed by atoms with Crippen molar-refractivity contribution in [3.63, 3.8) is 0 Å². The van der Waals surface area contributed by atoms with Gasteiger partial charge in [-0.1, -0.05) is 6.92 Å². The Morgan fingerprint density at radius 1 is 1.21 bits per heavy atom. The molecule has 0 bridgehead atoms. The normalized spacial score (nSPS) is 12.6. The summed E-state index contributed by atoms with van der Waals surface area (Å²) in [5.74, 6) is -1.49. The highest BCUT2D eigenvalue weighted by atomic mass is 16.4. The molecular weight excluding hydrogens is 248 g/mol. The molecule has 0 aromatic heterocycles. The Morgan fingerprint density at radius 2 is 1.79 bits per heavy atom. The van der Waals surface area contributed by atoms with Crippen LogP contribution < -0.4 is 10.6 Å². The highest BCUT2D eigenvalue weighted by molar-refractivity contribution is 5.84.